The van der Waals surface area contributed by atoms with Crippen molar-refractivity contribution in [3.8, 4) is 11.5 Å². The summed E-state index contributed by atoms with van der Waals surface area (Å²) < 4.78 is 12.0. The first-order valence-corrected chi connectivity index (χ1v) is 6.80. The second-order valence-corrected chi connectivity index (χ2v) is 5.11. The van der Waals surface area contributed by atoms with E-state index in [1.807, 2.05) is 30.3 Å². The van der Waals surface area contributed by atoms with Crippen molar-refractivity contribution < 1.29 is 9.47 Å². The Hall–Kier alpha value is -1.59. The van der Waals surface area contributed by atoms with Crippen molar-refractivity contribution in [3.63, 3.8) is 0 Å². The highest BCUT2D eigenvalue weighted by Crippen LogP contribution is 2.34. The molecule has 1 aromatic carbocycles. The molecule has 1 aromatic heterocycles. The van der Waals surface area contributed by atoms with Gasteiger partial charge in [-0.15, -0.1) is 0 Å². The Bertz CT molecular complexity index is 604. The van der Waals surface area contributed by atoms with Crippen LogP contribution in [0.3, 0.4) is 0 Å². The highest BCUT2D eigenvalue weighted by molar-refractivity contribution is 9.10. The molecular weight excluding hydrogens is 308 g/mol. The van der Waals surface area contributed by atoms with Gasteiger partial charge in [-0.05, 0) is 45.8 Å². The summed E-state index contributed by atoms with van der Waals surface area (Å²) in [6.45, 7) is 1.16. The Morgan fingerprint density at radius 3 is 2.74 bits per heavy atom. The Morgan fingerprint density at radius 2 is 1.95 bits per heavy atom. The summed E-state index contributed by atoms with van der Waals surface area (Å²) >= 11 is 3.47. The van der Waals surface area contributed by atoms with E-state index in [1.54, 1.807) is 6.20 Å². The maximum absolute atomic E-state index is 6.26. The smallest absolute Gasteiger partial charge is 0.161 e. The van der Waals surface area contributed by atoms with Crippen LogP contribution < -0.4 is 15.2 Å². The van der Waals surface area contributed by atoms with Gasteiger partial charge in [0, 0.05) is 10.7 Å². The lowest BCUT2D eigenvalue weighted by atomic mass is 10.0. The summed E-state index contributed by atoms with van der Waals surface area (Å²) in [4.78, 5) is 4.32. The van der Waals surface area contributed by atoms with Gasteiger partial charge in [-0.1, -0.05) is 6.07 Å². The van der Waals surface area contributed by atoms with E-state index in [-0.39, 0.29) is 6.04 Å². The van der Waals surface area contributed by atoms with Gasteiger partial charge in [0.2, 0.25) is 0 Å². The quantitative estimate of drug-likeness (QED) is 0.924. The van der Waals surface area contributed by atoms with E-state index in [0.29, 0.717) is 13.2 Å². The highest BCUT2D eigenvalue weighted by Gasteiger charge is 2.17. The summed E-state index contributed by atoms with van der Waals surface area (Å²) in [6.07, 6.45) is 1.73. The molecule has 2 N–H and O–H groups in total. The maximum atomic E-state index is 6.26. The number of hydrogen-bond donors (Lipinski definition) is 1. The van der Waals surface area contributed by atoms with Gasteiger partial charge in [0.25, 0.3) is 0 Å². The lowest BCUT2D eigenvalue weighted by molar-refractivity contribution is 0.171. The van der Waals surface area contributed by atoms with Crippen molar-refractivity contribution in [2.45, 2.75) is 6.04 Å². The third-order valence-electron chi connectivity index (χ3n) is 3.01. The highest BCUT2D eigenvalue weighted by atomic mass is 79.9. The van der Waals surface area contributed by atoms with Crippen molar-refractivity contribution >= 4 is 15.9 Å². The molecule has 4 nitrogen and oxygen atoms in total. The lowest BCUT2D eigenvalue weighted by Crippen LogP contribution is -2.17. The van der Waals surface area contributed by atoms with Gasteiger partial charge in [0.05, 0.1) is 11.7 Å². The van der Waals surface area contributed by atoms with Crippen LogP contribution >= 0.6 is 15.9 Å². The zero-order chi connectivity index (χ0) is 13.2. The van der Waals surface area contributed by atoms with Gasteiger partial charge in [-0.2, -0.15) is 0 Å². The topological polar surface area (TPSA) is 57.4 Å². The average Bonchev–Trinajstić information content (AvgIpc) is 2.46. The number of benzene rings is 1. The Balaban J connectivity index is 1.96. The van der Waals surface area contributed by atoms with Gasteiger partial charge in [0.15, 0.2) is 11.5 Å². The summed E-state index contributed by atoms with van der Waals surface area (Å²) in [5, 5.41) is 0. The minimum Gasteiger partial charge on any atom is -0.486 e. The fourth-order valence-electron chi connectivity index (χ4n) is 2.04. The zero-order valence-corrected chi connectivity index (χ0v) is 11.8. The predicted molar refractivity (Wildman–Crippen MR) is 75.4 cm³/mol. The van der Waals surface area contributed by atoms with E-state index < -0.39 is 0 Å². The van der Waals surface area contributed by atoms with Gasteiger partial charge >= 0.3 is 0 Å². The third kappa shape index (κ3) is 2.43. The number of rotatable bonds is 2. The molecule has 1 aliphatic heterocycles. The van der Waals surface area contributed by atoms with Crippen LogP contribution in [0.1, 0.15) is 17.3 Å². The second kappa shape index (κ2) is 5.19. The summed E-state index contributed by atoms with van der Waals surface area (Å²) in [7, 11) is 0. The first-order valence-electron chi connectivity index (χ1n) is 6.01. The molecule has 0 saturated heterocycles. The number of hydrogen-bond acceptors (Lipinski definition) is 4. The molecule has 19 heavy (non-hydrogen) atoms. The molecule has 0 spiro atoms. The molecule has 1 aliphatic rings. The molecule has 2 aromatic rings. The molecular formula is C14H13BrN2O2. The Morgan fingerprint density at radius 1 is 1.16 bits per heavy atom. The summed E-state index contributed by atoms with van der Waals surface area (Å²) in [6, 6.07) is 9.25. The van der Waals surface area contributed by atoms with Gasteiger partial charge in [0.1, 0.15) is 13.2 Å². The molecule has 2 heterocycles. The molecule has 1 atom stereocenters. The van der Waals surface area contributed by atoms with Crippen LogP contribution in [0.4, 0.5) is 0 Å². The maximum Gasteiger partial charge on any atom is 0.161 e. The van der Waals surface area contributed by atoms with Crippen molar-refractivity contribution in [1.82, 2.24) is 4.98 Å². The van der Waals surface area contributed by atoms with Gasteiger partial charge in [-0.3, -0.25) is 4.98 Å². The first-order chi connectivity index (χ1) is 9.25. The van der Waals surface area contributed by atoms with E-state index in [4.69, 9.17) is 15.2 Å². The minimum absolute atomic E-state index is 0.300. The first kappa shape index (κ1) is 12.4. The molecule has 0 fully saturated rings. The van der Waals surface area contributed by atoms with Crippen LogP contribution in [0.5, 0.6) is 11.5 Å². The van der Waals surface area contributed by atoms with E-state index >= 15 is 0 Å². The van der Waals surface area contributed by atoms with Crippen LogP contribution in [-0.4, -0.2) is 18.2 Å². The van der Waals surface area contributed by atoms with Crippen molar-refractivity contribution in [2.24, 2.45) is 5.73 Å². The number of nitrogens with zero attached hydrogens (tertiary/aromatic N) is 1. The van der Waals surface area contributed by atoms with E-state index in [0.717, 1.165) is 27.2 Å². The van der Waals surface area contributed by atoms with Crippen molar-refractivity contribution in [3.05, 3.63) is 52.3 Å². The van der Waals surface area contributed by atoms with E-state index in [2.05, 4.69) is 20.9 Å². The van der Waals surface area contributed by atoms with E-state index in [9.17, 15) is 0 Å². The molecule has 1 unspecified atom stereocenters. The molecule has 0 bridgehead atoms. The molecule has 3 rings (SSSR count). The monoisotopic (exact) mass is 320 g/mol. The Labute approximate surface area is 119 Å². The predicted octanol–water partition coefficient (Wildman–Crippen LogP) is 2.66. The summed E-state index contributed by atoms with van der Waals surface area (Å²) in [5.74, 6) is 1.51. The number of fused-ring (bicyclic) bond motifs is 1. The average molecular weight is 321 g/mol. The molecule has 5 heteroatoms. The van der Waals surface area contributed by atoms with Crippen LogP contribution in [-0.2, 0) is 0 Å². The largest absolute Gasteiger partial charge is 0.486 e. The Kier molecular flexibility index (Phi) is 3.40. The molecule has 0 saturated carbocycles. The minimum atomic E-state index is -0.300. The molecule has 0 radical (unpaired) electrons. The molecule has 98 valence electrons. The van der Waals surface area contributed by atoms with Crippen LogP contribution in [0.15, 0.2) is 41.0 Å². The number of ether oxygens (including phenoxy) is 2. The van der Waals surface area contributed by atoms with Gasteiger partial charge in [-0.25, -0.2) is 0 Å². The normalized spacial score (nSPS) is 15.1. The fraction of sp³-hybridized carbons (Fsp3) is 0.214. The van der Waals surface area contributed by atoms with Gasteiger partial charge < -0.3 is 15.2 Å². The van der Waals surface area contributed by atoms with E-state index in [1.165, 1.54) is 0 Å². The lowest BCUT2D eigenvalue weighted by Gasteiger charge is -2.20. The number of aromatic nitrogens is 1. The summed E-state index contributed by atoms with van der Waals surface area (Å²) in [5.41, 5.74) is 8.01. The van der Waals surface area contributed by atoms with Crippen LogP contribution in [0.2, 0.25) is 0 Å². The zero-order valence-electron chi connectivity index (χ0n) is 10.2. The third-order valence-corrected chi connectivity index (χ3v) is 3.68. The van der Waals surface area contributed by atoms with Crippen LogP contribution in [0, 0.1) is 0 Å². The van der Waals surface area contributed by atoms with Crippen LogP contribution in [0.25, 0.3) is 0 Å². The van der Waals surface area contributed by atoms with Crippen molar-refractivity contribution in [1.29, 1.82) is 0 Å². The molecule has 0 amide bonds. The second-order valence-electron chi connectivity index (χ2n) is 4.25. The number of nitrogens with two attached hydrogens (primary N) is 1. The fourth-order valence-corrected chi connectivity index (χ4v) is 2.54. The SMILES string of the molecule is NC(c1ccc2c(c1)OCCO2)c1ncccc1Br. The molecule has 0 aliphatic carbocycles. The van der Waals surface area contributed by atoms with Crippen molar-refractivity contribution in [2.75, 3.05) is 13.2 Å². The number of halogens is 1. The standard InChI is InChI=1S/C14H13BrN2O2/c15-10-2-1-5-17-14(10)13(16)9-3-4-11-12(8-9)19-7-6-18-11/h1-5,8,13H,6-7,16H2. The number of pyridine rings is 1.